The highest BCUT2D eigenvalue weighted by Gasteiger charge is 2.05. The highest BCUT2D eigenvalue weighted by atomic mass is 16.5. The molecule has 2 aromatic carbocycles. The van der Waals surface area contributed by atoms with Crippen LogP contribution in [0.3, 0.4) is 0 Å². The lowest BCUT2D eigenvalue weighted by atomic mass is 10.1. The second-order valence-corrected chi connectivity index (χ2v) is 4.47. The van der Waals surface area contributed by atoms with Crippen molar-refractivity contribution in [1.82, 2.24) is 0 Å². The van der Waals surface area contributed by atoms with Gasteiger partial charge in [0.05, 0.1) is 12.7 Å². The Hall–Kier alpha value is -2.13. The van der Waals surface area contributed by atoms with Crippen LogP contribution in [0.1, 0.15) is 29.7 Å². The van der Waals surface area contributed by atoms with Gasteiger partial charge in [-0.25, -0.2) is 0 Å². The minimum atomic E-state index is 0.0636. The van der Waals surface area contributed by atoms with Crippen molar-refractivity contribution >= 4 is 5.84 Å². The third-order valence-corrected chi connectivity index (χ3v) is 3.03. The van der Waals surface area contributed by atoms with Crippen molar-refractivity contribution in [3.8, 4) is 0 Å². The van der Waals surface area contributed by atoms with Crippen LogP contribution in [-0.4, -0.2) is 5.84 Å². The van der Waals surface area contributed by atoms with Gasteiger partial charge in [0.15, 0.2) is 0 Å². The number of ether oxygens (including phenoxy) is 1. The quantitative estimate of drug-likeness (QED) is 0.635. The van der Waals surface area contributed by atoms with E-state index in [0.29, 0.717) is 6.61 Å². The third kappa shape index (κ3) is 3.66. The molecule has 3 N–H and O–H groups in total. The molecule has 19 heavy (non-hydrogen) atoms. The van der Waals surface area contributed by atoms with Crippen LogP contribution in [0.5, 0.6) is 0 Å². The summed E-state index contributed by atoms with van der Waals surface area (Å²) < 4.78 is 5.83. The predicted octanol–water partition coefficient (Wildman–Crippen LogP) is 3.25. The van der Waals surface area contributed by atoms with Gasteiger partial charge in [0.2, 0.25) is 0 Å². The fourth-order valence-corrected chi connectivity index (χ4v) is 1.82. The highest BCUT2D eigenvalue weighted by Crippen LogP contribution is 2.18. The molecule has 0 saturated heterocycles. The Morgan fingerprint density at radius 3 is 2.32 bits per heavy atom. The zero-order valence-corrected chi connectivity index (χ0v) is 11.0. The van der Waals surface area contributed by atoms with Crippen molar-refractivity contribution in [3.05, 3.63) is 71.3 Å². The number of nitrogens with one attached hydrogen (secondary N) is 1. The molecule has 98 valence electrons. The summed E-state index contributed by atoms with van der Waals surface area (Å²) in [4.78, 5) is 0. The Morgan fingerprint density at radius 1 is 1.11 bits per heavy atom. The number of rotatable bonds is 5. The van der Waals surface area contributed by atoms with E-state index < -0.39 is 0 Å². The summed E-state index contributed by atoms with van der Waals surface area (Å²) in [7, 11) is 0. The maximum atomic E-state index is 7.33. The Bertz CT molecular complexity index is 534. The van der Waals surface area contributed by atoms with Crippen LogP contribution in [0.15, 0.2) is 54.6 Å². The molecule has 0 heterocycles. The molecule has 3 nitrogen and oxygen atoms in total. The number of nitrogens with two attached hydrogens (primary N) is 1. The standard InChI is InChI=1S/C16H18N2O/c1-12(14-5-3-2-4-6-14)19-11-13-7-9-15(10-8-13)16(17)18/h2-10,12H,11H2,1H3,(H3,17,18). The molecule has 3 heteroatoms. The van der Waals surface area contributed by atoms with E-state index in [1.165, 1.54) is 5.56 Å². The second-order valence-electron chi connectivity index (χ2n) is 4.47. The lowest BCUT2D eigenvalue weighted by Gasteiger charge is -2.13. The second kappa shape index (κ2) is 6.16. The van der Waals surface area contributed by atoms with Gasteiger partial charge in [-0.15, -0.1) is 0 Å². The van der Waals surface area contributed by atoms with Crippen molar-refractivity contribution in [2.45, 2.75) is 19.6 Å². The Labute approximate surface area is 113 Å². The van der Waals surface area contributed by atoms with E-state index in [9.17, 15) is 0 Å². The van der Waals surface area contributed by atoms with Crippen LogP contribution in [0.25, 0.3) is 0 Å². The first-order valence-corrected chi connectivity index (χ1v) is 6.26. The molecule has 0 aliphatic carbocycles. The smallest absolute Gasteiger partial charge is 0.122 e. The molecule has 0 saturated carbocycles. The van der Waals surface area contributed by atoms with Gasteiger partial charge in [0.25, 0.3) is 0 Å². The lowest BCUT2D eigenvalue weighted by molar-refractivity contribution is 0.0525. The summed E-state index contributed by atoms with van der Waals surface area (Å²) in [5.74, 6) is 0.0881. The average molecular weight is 254 g/mol. The fraction of sp³-hybridized carbons (Fsp3) is 0.188. The minimum Gasteiger partial charge on any atom is -0.384 e. The van der Waals surface area contributed by atoms with Crippen molar-refractivity contribution in [3.63, 3.8) is 0 Å². The molecule has 0 bridgehead atoms. The first-order valence-electron chi connectivity index (χ1n) is 6.26. The highest BCUT2D eigenvalue weighted by molar-refractivity contribution is 5.94. The minimum absolute atomic E-state index is 0.0636. The zero-order valence-electron chi connectivity index (χ0n) is 11.0. The van der Waals surface area contributed by atoms with Crippen molar-refractivity contribution in [2.24, 2.45) is 5.73 Å². The SMILES string of the molecule is CC(OCc1ccc(C(=N)N)cc1)c1ccccc1. The maximum absolute atomic E-state index is 7.33. The summed E-state index contributed by atoms with van der Waals surface area (Å²) >= 11 is 0. The van der Waals surface area contributed by atoms with Crippen LogP contribution in [0, 0.1) is 5.41 Å². The van der Waals surface area contributed by atoms with Gasteiger partial charge in [0, 0.05) is 5.56 Å². The molecular formula is C16H18N2O. The van der Waals surface area contributed by atoms with E-state index in [2.05, 4.69) is 12.1 Å². The van der Waals surface area contributed by atoms with E-state index in [-0.39, 0.29) is 11.9 Å². The van der Waals surface area contributed by atoms with Crippen molar-refractivity contribution < 1.29 is 4.74 Å². The Kier molecular flexibility index (Phi) is 4.31. The van der Waals surface area contributed by atoms with Gasteiger partial charge in [0.1, 0.15) is 5.84 Å². The van der Waals surface area contributed by atoms with Gasteiger partial charge < -0.3 is 10.5 Å². The molecule has 0 amide bonds. The number of hydrogen-bond acceptors (Lipinski definition) is 2. The normalized spacial score (nSPS) is 12.1. The fourth-order valence-electron chi connectivity index (χ4n) is 1.82. The van der Waals surface area contributed by atoms with Gasteiger partial charge in [-0.05, 0) is 18.1 Å². The summed E-state index contributed by atoms with van der Waals surface area (Å²) in [5, 5.41) is 7.33. The van der Waals surface area contributed by atoms with E-state index in [4.69, 9.17) is 15.9 Å². The first-order chi connectivity index (χ1) is 9.16. The van der Waals surface area contributed by atoms with Crippen LogP contribution in [0.2, 0.25) is 0 Å². The number of amidine groups is 1. The van der Waals surface area contributed by atoms with E-state index in [0.717, 1.165) is 11.1 Å². The zero-order chi connectivity index (χ0) is 13.7. The van der Waals surface area contributed by atoms with Crippen molar-refractivity contribution in [1.29, 1.82) is 5.41 Å². The number of benzene rings is 2. The monoisotopic (exact) mass is 254 g/mol. The van der Waals surface area contributed by atoms with E-state index in [1.807, 2.05) is 49.4 Å². The molecule has 2 rings (SSSR count). The molecule has 0 aliphatic rings. The first kappa shape index (κ1) is 13.3. The molecule has 0 radical (unpaired) electrons. The predicted molar refractivity (Wildman–Crippen MR) is 77.1 cm³/mol. The van der Waals surface area contributed by atoms with E-state index >= 15 is 0 Å². The Morgan fingerprint density at radius 2 is 1.74 bits per heavy atom. The largest absolute Gasteiger partial charge is 0.384 e. The number of hydrogen-bond donors (Lipinski definition) is 2. The average Bonchev–Trinajstić information content (AvgIpc) is 2.46. The third-order valence-electron chi connectivity index (χ3n) is 3.03. The molecule has 0 aromatic heterocycles. The van der Waals surface area contributed by atoms with Gasteiger partial charge in [-0.1, -0.05) is 54.6 Å². The summed E-state index contributed by atoms with van der Waals surface area (Å²) in [6.07, 6.45) is 0.0636. The molecule has 1 atom stereocenters. The van der Waals surface area contributed by atoms with Gasteiger partial charge in [-0.2, -0.15) is 0 Å². The molecular weight excluding hydrogens is 236 g/mol. The molecule has 0 fully saturated rings. The lowest BCUT2D eigenvalue weighted by Crippen LogP contribution is -2.10. The van der Waals surface area contributed by atoms with Gasteiger partial charge in [-0.3, -0.25) is 5.41 Å². The Balaban J connectivity index is 1.93. The summed E-state index contributed by atoms with van der Waals surface area (Å²) in [6.45, 7) is 2.59. The molecule has 2 aromatic rings. The molecule has 0 spiro atoms. The summed E-state index contributed by atoms with van der Waals surface area (Å²) in [6, 6.07) is 17.7. The van der Waals surface area contributed by atoms with Gasteiger partial charge >= 0.3 is 0 Å². The molecule has 0 aliphatic heterocycles. The maximum Gasteiger partial charge on any atom is 0.122 e. The molecule has 1 unspecified atom stereocenters. The van der Waals surface area contributed by atoms with Crippen LogP contribution < -0.4 is 5.73 Å². The summed E-state index contributed by atoms with van der Waals surface area (Å²) in [5.41, 5.74) is 8.40. The van der Waals surface area contributed by atoms with Crippen molar-refractivity contribution in [2.75, 3.05) is 0 Å². The number of nitrogen functional groups attached to an aromatic ring is 1. The van der Waals surface area contributed by atoms with E-state index in [1.54, 1.807) is 0 Å². The van der Waals surface area contributed by atoms with Crippen LogP contribution in [0.4, 0.5) is 0 Å². The van der Waals surface area contributed by atoms with Crippen LogP contribution in [-0.2, 0) is 11.3 Å². The van der Waals surface area contributed by atoms with Crippen LogP contribution >= 0.6 is 0 Å². The topological polar surface area (TPSA) is 59.1 Å².